The lowest BCUT2D eigenvalue weighted by atomic mass is 9.84. The number of hydrogen-bond acceptors (Lipinski definition) is 2. The maximum absolute atomic E-state index is 9.51. The predicted octanol–water partition coefficient (Wildman–Crippen LogP) is 11.6. The largest absolute Gasteiger partial charge is 0.192 e. The quantitative estimate of drug-likeness (QED) is 0.194. The highest BCUT2D eigenvalue weighted by atomic mass is 14.2. The van der Waals surface area contributed by atoms with Crippen molar-refractivity contribution in [3.63, 3.8) is 0 Å². The molecule has 0 aliphatic heterocycles. The average Bonchev–Trinajstić information content (AvgIpc) is 3.14. The number of nitriles is 2. The molecule has 212 valence electrons. The molecule has 0 heterocycles. The number of hydrogen-bond donors (Lipinski definition) is 0. The van der Waals surface area contributed by atoms with Crippen molar-refractivity contribution >= 4 is 32.3 Å². The SMILES string of the molecule is N#Cc1cccc(-c2cccc(-c3ccc(-c4cccc(-c5cccc(C#N)c5)c4)c4c5ccccc5c5ccccc5c34)c2)c1. The van der Waals surface area contributed by atoms with Gasteiger partial charge in [-0.05, 0) is 113 Å². The summed E-state index contributed by atoms with van der Waals surface area (Å²) in [5, 5.41) is 26.3. The van der Waals surface area contributed by atoms with Gasteiger partial charge in [0, 0.05) is 0 Å². The van der Waals surface area contributed by atoms with Crippen molar-refractivity contribution in [3.05, 3.63) is 169 Å². The van der Waals surface area contributed by atoms with Crippen LogP contribution in [0, 0.1) is 22.7 Å². The second-order valence-corrected chi connectivity index (χ2v) is 11.5. The molecule has 0 atom stereocenters. The van der Waals surface area contributed by atoms with Crippen molar-refractivity contribution in [1.82, 2.24) is 0 Å². The summed E-state index contributed by atoms with van der Waals surface area (Å²) in [6, 6.07) is 59.3. The van der Waals surface area contributed by atoms with Gasteiger partial charge in [-0.1, -0.05) is 121 Å². The van der Waals surface area contributed by atoms with Crippen LogP contribution in [0.1, 0.15) is 11.1 Å². The summed E-state index contributed by atoms with van der Waals surface area (Å²) in [5.41, 5.74) is 10.1. The van der Waals surface area contributed by atoms with E-state index >= 15 is 0 Å². The lowest BCUT2D eigenvalue weighted by Crippen LogP contribution is -1.91. The molecule has 0 saturated carbocycles. The van der Waals surface area contributed by atoms with Gasteiger partial charge in [0.15, 0.2) is 0 Å². The standard InChI is InChI=1S/C44H26N2/c45-27-29-9-5-11-31(23-29)33-13-7-15-35(25-33)37-21-22-38(36-16-8-14-34(26-36)32-12-6-10-30(24-32)28-46)44-42-20-4-2-18-40(42)39-17-1-3-19-41(39)43(37)44/h1-26H. The second-order valence-electron chi connectivity index (χ2n) is 11.5. The third-order valence-electron chi connectivity index (χ3n) is 8.89. The monoisotopic (exact) mass is 582 g/mol. The molecule has 2 heteroatoms. The summed E-state index contributed by atoms with van der Waals surface area (Å²) >= 11 is 0. The summed E-state index contributed by atoms with van der Waals surface area (Å²) in [5.74, 6) is 0. The van der Waals surface area contributed by atoms with Crippen LogP contribution in [-0.4, -0.2) is 0 Å². The first-order chi connectivity index (χ1) is 22.7. The van der Waals surface area contributed by atoms with E-state index in [4.69, 9.17) is 0 Å². The Kier molecular flexibility index (Phi) is 6.61. The van der Waals surface area contributed by atoms with E-state index in [1.807, 2.05) is 36.4 Å². The van der Waals surface area contributed by atoms with Crippen LogP contribution in [0.25, 0.3) is 76.8 Å². The molecule has 0 radical (unpaired) electrons. The molecular formula is C44H26N2. The Balaban J connectivity index is 1.43. The van der Waals surface area contributed by atoms with Gasteiger partial charge in [-0.15, -0.1) is 0 Å². The topological polar surface area (TPSA) is 47.6 Å². The molecular weight excluding hydrogens is 556 g/mol. The molecule has 0 unspecified atom stereocenters. The van der Waals surface area contributed by atoms with Crippen LogP contribution in [0.4, 0.5) is 0 Å². The zero-order chi connectivity index (χ0) is 31.0. The highest BCUT2D eigenvalue weighted by Crippen LogP contribution is 2.45. The van der Waals surface area contributed by atoms with Gasteiger partial charge in [-0.25, -0.2) is 0 Å². The molecule has 0 bridgehead atoms. The van der Waals surface area contributed by atoms with Crippen molar-refractivity contribution in [2.45, 2.75) is 0 Å². The van der Waals surface area contributed by atoms with Gasteiger partial charge in [-0.3, -0.25) is 0 Å². The van der Waals surface area contributed by atoms with Crippen LogP contribution in [0.5, 0.6) is 0 Å². The number of nitrogens with zero attached hydrogens (tertiary/aromatic N) is 2. The van der Waals surface area contributed by atoms with E-state index in [0.717, 1.165) is 44.5 Å². The van der Waals surface area contributed by atoms with Crippen LogP contribution in [0.2, 0.25) is 0 Å². The molecule has 46 heavy (non-hydrogen) atoms. The Morgan fingerprint density at radius 3 is 1.07 bits per heavy atom. The molecule has 0 amide bonds. The average molecular weight is 583 g/mol. The number of benzene rings is 8. The Morgan fingerprint density at radius 1 is 0.304 bits per heavy atom. The highest BCUT2D eigenvalue weighted by molar-refractivity contribution is 6.31. The van der Waals surface area contributed by atoms with Crippen LogP contribution >= 0.6 is 0 Å². The van der Waals surface area contributed by atoms with Gasteiger partial charge >= 0.3 is 0 Å². The summed E-state index contributed by atoms with van der Waals surface area (Å²) in [6.45, 7) is 0. The number of fused-ring (bicyclic) bond motifs is 6. The molecule has 8 rings (SSSR count). The Labute approximate surface area is 267 Å². The Bertz CT molecular complexity index is 2380. The maximum Gasteiger partial charge on any atom is 0.0991 e. The minimum atomic E-state index is 0.650. The van der Waals surface area contributed by atoms with Gasteiger partial charge in [0.05, 0.1) is 23.3 Å². The van der Waals surface area contributed by atoms with Crippen LogP contribution in [-0.2, 0) is 0 Å². The van der Waals surface area contributed by atoms with Crippen molar-refractivity contribution < 1.29 is 0 Å². The fourth-order valence-corrected chi connectivity index (χ4v) is 6.78. The lowest BCUT2D eigenvalue weighted by Gasteiger charge is -2.19. The van der Waals surface area contributed by atoms with Crippen LogP contribution < -0.4 is 0 Å². The molecule has 0 aliphatic rings. The van der Waals surface area contributed by atoms with Gasteiger partial charge < -0.3 is 0 Å². The Hall–Kier alpha value is -6.48. The normalized spacial score (nSPS) is 11.0. The Morgan fingerprint density at radius 2 is 0.652 bits per heavy atom. The molecule has 8 aromatic rings. The molecule has 0 aliphatic carbocycles. The zero-order valence-electron chi connectivity index (χ0n) is 24.9. The van der Waals surface area contributed by atoms with Crippen LogP contribution in [0.3, 0.4) is 0 Å². The third-order valence-corrected chi connectivity index (χ3v) is 8.89. The molecule has 0 aromatic heterocycles. The summed E-state index contributed by atoms with van der Waals surface area (Å²) in [4.78, 5) is 0. The van der Waals surface area contributed by atoms with E-state index in [0.29, 0.717) is 11.1 Å². The predicted molar refractivity (Wildman–Crippen MR) is 190 cm³/mol. The van der Waals surface area contributed by atoms with Crippen molar-refractivity contribution in [2.75, 3.05) is 0 Å². The van der Waals surface area contributed by atoms with Crippen LogP contribution in [0.15, 0.2) is 158 Å². The van der Waals surface area contributed by atoms with E-state index < -0.39 is 0 Å². The number of rotatable bonds is 4. The molecule has 0 fully saturated rings. The van der Waals surface area contributed by atoms with Crippen molar-refractivity contribution in [2.24, 2.45) is 0 Å². The lowest BCUT2D eigenvalue weighted by molar-refractivity contribution is 1.48. The first-order valence-corrected chi connectivity index (χ1v) is 15.3. The first-order valence-electron chi connectivity index (χ1n) is 15.3. The molecule has 0 saturated heterocycles. The molecule has 2 nitrogen and oxygen atoms in total. The van der Waals surface area contributed by atoms with E-state index in [1.54, 1.807) is 0 Å². The highest BCUT2D eigenvalue weighted by Gasteiger charge is 2.18. The molecule has 0 N–H and O–H groups in total. The van der Waals surface area contributed by atoms with Gasteiger partial charge in [0.2, 0.25) is 0 Å². The maximum atomic E-state index is 9.51. The smallest absolute Gasteiger partial charge is 0.0991 e. The van der Waals surface area contributed by atoms with Crippen molar-refractivity contribution in [1.29, 1.82) is 10.5 Å². The summed E-state index contributed by atoms with van der Waals surface area (Å²) < 4.78 is 0. The van der Waals surface area contributed by atoms with Gasteiger partial charge in [0.25, 0.3) is 0 Å². The first kappa shape index (κ1) is 27.1. The van der Waals surface area contributed by atoms with Crippen molar-refractivity contribution in [3.8, 4) is 56.6 Å². The summed E-state index contributed by atoms with van der Waals surface area (Å²) in [7, 11) is 0. The van der Waals surface area contributed by atoms with E-state index in [1.165, 1.54) is 32.3 Å². The summed E-state index contributed by atoms with van der Waals surface area (Å²) in [6.07, 6.45) is 0. The van der Waals surface area contributed by atoms with Gasteiger partial charge in [0.1, 0.15) is 0 Å². The van der Waals surface area contributed by atoms with E-state index in [9.17, 15) is 10.5 Å². The minimum Gasteiger partial charge on any atom is -0.192 e. The fraction of sp³-hybridized carbons (Fsp3) is 0. The van der Waals surface area contributed by atoms with E-state index in [-0.39, 0.29) is 0 Å². The van der Waals surface area contributed by atoms with E-state index in [2.05, 4.69) is 133 Å². The molecule has 0 spiro atoms. The third kappa shape index (κ3) is 4.58. The fourth-order valence-electron chi connectivity index (χ4n) is 6.78. The minimum absolute atomic E-state index is 0.650. The zero-order valence-corrected chi connectivity index (χ0v) is 24.9. The second kappa shape index (κ2) is 11.2. The molecule has 8 aromatic carbocycles. The van der Waals surface area contributed by atoms with Gasteiger partial charge in [-0.2, -0.15) is 10.5 Å².